The summed E-state index contributed by atoms with van der Waals surface area (Å²) in [4.78, 5) is 2.09. The number of halogens is 2. The predicted octanol–water partition coefficient (Wildman–Crippen LogP) is 1.29. The number of hydrogen-bond donors (Lipinski definition) is 2. The van der Waals surface area contributed by atoms with Gasteiger partial charge < -0.3 is 10.4 Å². The molecule has 3 nitrogen and oxygen atoms in total. The fourth-order valence-electron chi connectivity index (χ4n) is 2.42. The maximum absolute atomic E-state index is 13.8. The van der Waals surface area contributed by atoms with Crippen LogP contribution in [0.2, 0.25) is 0 Å². The van der Waals surface area contributed by atoms with Gasteiger partial charge >= 0.3 is 0 Å². The lowest BCUT2D eigenvalue weighted by atomic mass is 10.0. The van der Waals surface area contributed by atoms with Crippen LogP contribution in [0.5, 0.6) is 0 Å². The summed E-state index contributed by atoms with van der Waals surface area (Å²) in [6, 6.07) is 3.24. The van der Waals surface area contributed by atoms with Crippen LogP contribution in [0.4, 0.5) is 8.78 Å². The molecule has 1 aromatic rings. The van der Waals surface area contributed by atoms with Crippen LogP contribution in [0.25, 0.3) is 0 Å². The van der Waals surface area contributed by atoms with Gasteiger partial charge in [0.2, 0.25) is 0 Å². The van der Waals surface area contributed by atoms with Crippen LogP contribution in [-0.2, 0) is 0 Å². The Hall–Kier alpha value is -1.04. The molecule has 1 heterocycles. The largest absolute Gasteiger partial charge is 0.396 e. The highest BCUT2D eigenvalue weighted by Crippen LogP contribution is 2.27. The summed E-state index contributed by atoms with van der Waals surface area (Å²) >= 11 is 0. The van der Waals surface area contributed by atoms with Gasteiger partial charge in [0, 0.05) is 44.4 Å². The molecule has 5 heteroatoms. The number of rotatable bonds is 4. The molecule has 0 unspecified atom stereocenters. The quantitative estimate of drug-likeness (QED) is 0.852. The van der Waals surface area contributed by atoms with E-state index in [9.17, 15) is 8.78 Å². The first-order chi connectivity index (χ1) is 8.72. The molecular weight excluding hydrogens is 238 g/mol. The SMILES string of the molecule is OCC[C@H](c1cc(F)ccc1F)N1CCNCC1. The molecule has 1 atom stereocenters. The minimum atomic E-state index is -0.440. The molecule has 2 N–H and O–H groups in total. The van der Waals surface area contributed by atoms with Crippen molar-refractivity contribution in [2.75, 3.05) is 32.8 Å². The van der Waals surface area contributed by atoms with Gasteiger partial charge in [-0.3, -0.25) is 4.90 Å². The van der Waals surface area contributed by atoms with E-state index in [1.807, 2.05) is 0 Å². The van der Waals surface area contributed by atoms with E-state index in [1.54, 1.807) is 0 Å². The van der Waals surface area contributed by atoms with E-state index in [1.165, 1.54) is 6.07 Å². The summed E-state index contributed by atoms with van der Waals surface area (Å²) in [7, 11) is 0. The maximum atomic E-state index is 13.8. The normalized spacial score (nSPS) is 18.8. The molecule has 1 saturated heterocycles. The summed E-state index contributed by atoms with van der Waals surface area (Å²) in [5.41, 5.74) is 0.339. The molecule has 1 aromatic carbocycles. The minimum Gasteiger partial charge on any atom is -0.396 e. The Morgan fingerprint density at radius 2 is 2.00 bits per heavy atom. The van der Waals surface area contributed by atoms with E-state index in [0.717, 1.165) is 38.3 Å². The zero-order valence-electron chi connectivity index (χ0n) is 10.2. The lowest BCUT2D eigenvalue weighted by molar-refractivity contribution is 0.138. The summed E-state index contributed by atoms with van der Waals surface area (Å²) in [5, 5.41) is 12.3. The molecule has 0 aromatic heterocycles. The van der Waals surface area contributed by atoms with Gasteiger partial charge in [0.15, 0.2) is 0 Å². The average Bonchev–Trinajstić information content (AvgIpc) is 2.40. The third kappa shape index (κ3) is 3.04. The Morgan fingerprint density at radius 1 is 1.28 bits per heavy atom. The van der Waals surface area contributed by atoms with Crippen LogP contribution in [0.15, 0.2) is 18.2 Å². The zero-order valence-corrected chi connectivity index (χ0v) is 10.2. The van der Waals surface area contributed by atoms with Crippen LogP contribution >= 0.6 is 0 Å². The monoisotopic (exact) mass is 256 g/mol. The first kappa shape index (κ1) is 13.4. The molecular formula is C13H18F2N2O. The van der Waals surface area contributed by atoms with E-state index in [0.29, 0.717) is 12.0 Å². The van der Waals surface area contributed by atoms with Gasteiger partial charge in [-0.2, -0.15) is 0 Å². The number of aliphatic hydroxyl groups excluding tert-OH is 1. The van der Waals surface area contributed by atoms with Crippen molar-refractivity contribution in [3.63, 3.8) is 0 Å². The fourth-order valence-corrected chi connectivity index (χ4v) is 2.42. The van der Waals surface area contributed by atoms with Crippen LogP contribution in [0, 0.1) is 11.6 Å². The first-order valence-corrected chi connectivity index (χ1v) is 6.23. The fraction of sp³-hybridized carbons (Fsp3) is 0.538. The van der Waals surface area contributed by atoms with Crippen molar-refractivity contribution >= 4 is 0 Å². The molecule has 0 radical (unpaired) electrons. The van der Waals surface area contributed by atoms with E-state index in [-0.39, 0.29) is 12.6 Å². The van der Waals surface area contributed by atoms with Crippen LogP contribution in [0.1, 0.15) is 18.0 Å². The van der Waals surface area contributed by atoms with Gasteiger partial charge in [-0.15, -0.1) is 0 Å². The van der Waals surface area contributed by atoms with Crippen molar-refractivity contribution in [1.29, 1.82) is 0 Å². The Bertz CT molecular complexity index is 395. The molecule has 0 amide bonds. The van der Waals surface area contributed by atoms with Gasteiger partial charge in [0.05, 0.1) is 0 Å². The highest BCUT2D eigenvalue weighted by molar-refractivity contribution is 5.22. The number of hydrogen-bond acceptors (Lipinski definition) is 3. The summed E-state index contributed by atoms with van der Waals surface area (Å²) in [6.45, 7) is 3.18. The van der Waals surface area contributed by atoms with Crippen molar-refractivity contribution in [1.82, 2.24) is 10.2 Å². The van der Waals surface area contributed by atoms with Gasteiger partial charge in [-0.05, 0) is 24.6 Å². The van der Waals surface area contributed by atoms with Crippen molar-refractivity contribution < 1.29 is 13.9 Å². The summed E-state index contributed by atoms with van der Waals surface area (Å²) < 4.78 is 27.1. The number of nitrogens with one attached hydrogen (secondary N) is 1. The molecule has 0 saturated carbocycles. The third-order valence-corrected chi connectivity index (χ3v) is 3.31. The maximum Gasteiger partial charge on any atom is 0.128 e. The van der Waals surface area contributed by atoms with E-state index in [2.05, 4.69) is 10.2 Å². The van der Waals surface area contributed by atoms with E-state index in [4.69, 9.17) is 5.11 Å². The smallest absolute Gasteiger partial charge is 0.128 e. The van der Waals surface area contributed by atoms with E-state index >= 15 is 0 Å². The second kappa shape index (κ2) is 6.22. The lowest BCUT2D eigenvalue weighted by Crippen LogP contribution is -2.45. The zero-order chi connectivity index (χ0) is 13.0. The van der Waals surface area contributed by atoms with Gasteiger partial charge in [-0.25, -0.2) is 8.78 Å². The van der Waals surface area contributed by atoms with Crippen molar-refractivity contribution in [3.05, 3.63) is 35.4 Å². The van der Waals surface area contributed by atoms with Crippen molar-refractivity contribution in [3.8, 4) is 0 Å². The minimum absolute atomic E-state index is 0.0372. The second-order valence-electron chi connectivity index (χ2n) is 4.48. The Morgan fingerprint density at radius 3 is 2.67 bits per heavy atom. The molecule has 100 valence electrons. The topological polar surface area (TPSA) is 35.5 Å². The van der Waals surface area contributed by atoms with Gasteiger partial charge in [-0.1, -0.05) is 0 Å². The number of nitrogens with zero attached hydrogens (tertiary/aromatic N) is 1. The van der Waals surface area contributed by atoms with Crippen molar-refractivity contribution in [2.45, 2.75) is 12.5 Å². The van der Waals surface area contributed by atoms with Gasteiger partial charge in [0.25, 0.3) is 0 Å². The Labute approximate surface area is 105 Å². The molecule has 18 heavy (non-hydrogen) atoms. The molecule has 2 rings (SSSR count). The predicted molar refractivity (Wildman–Crippen MR) is 65.2 cm³/mol. The molecule has 1 aliphatic rings. The van der Waals surface area contributed by atoms with Crippen molar-refractivity contribution in [2.24, 2.45) is 0 Å². The molecule has 0 aliphatic carbocycles. The van der Waals surface area contributed by atoms with Crippen LogP contribution in [0.3, 0.4) is 0 Å². The summed E-state index contributed by atoms with van der Waals surface area (Å²) in [5.74, 6) is -0.849. The highest BCUT2D eigenvalue weighted by atomic mass is 19.1. The third-order valence-electron chi connectivity index (χ3n) is 3.31. The Kier molecular flexibility index (Phi) is 4.63. The average molecular weight is 256 g/mol. The lowest BCUT2D eigenvalue weighted by Gasteiger charge is -2.35. The second-order valence-corrected chi connectivity index (χ2v) is 4.48. The van der Waals surface area contributed by atoms with Crippen LogP contribution < -0.4 is 5.32 Å². The molecule has 1 aliphatic heterocycles. The standard InChI is InChI=1S/C13H18F2N2O/c14-10-1-2-12(15)11(9-10)13(3-8-18)17-6-4-16-5-7-17/h1-2,9,13,16,18H,3-8H2/t13-/m1/s1. The molecule has 1 fully saturated rings. The number of aliphatic hydroxyl groups is 1. The van der Waals surface area contributed by atoms with E-state index < -0.39 is 11.6 Å². The summed E-state index contributed by atoms with van der Waals surface area (Å²) in [6.07, 6.45) is 0.417. The molecule has 0 bridgehead atoms. The highest BCUT2D eigenvalue weighted by Gasteiger charge is 2.24. The first-order valence-electron chi connectivity index (χ1n) is 6.23. The Balaban J connectivity index is 2.24. The molecule has 0 spiro atoms. The number of piperazine rings is 1. The van der Waals surface area contributed by atoms with Gasteiger partial charge in [0.1, 0.15) is 11.6 Å². The number of benzene rings is 1. The van der Waals surface area contributed by atoms with Crippen LogP contribution in [-0.4, -0.2) is 42.8 Å².